The fourth-order valence-electron chi connectivity index (χ4n) is 0.332. The van der Waals surface area contributed by atoms with Crippen LogP contribution in [-0.2, 0) is 9.53 Å². The lowest BCUT2D eigenvalue weighted by molar-refractivity contribution is -0.144. The SMILES string of the molecule is CC(=O)OC(C)C.[MgH2]. The number of ether oxygens (including phenoxy) is 1. The fourth-order valence-corrected chi connectivity index (χ4v) is 0.332. The standard InChI is InChI=1S/C5H10O2.Mg.2H/c1-4(2)7-5(3)6;;;/h4H,1-3H3;;;. The quantitative estimate of drug-likeness (QED) is 0.368. The van der Waals surface area contributed by atoms with Gasteiger partial charge >= 0.3 is 29.0 Å². The molecular formula is C5H12MgO2. The van der Waals surface area contributed by atoms with Crippen molar-refractivity contribution in [1.29, 1.82) is 0 Å². The molecule has 0 N–H and O–H groups in total. The van der Waals surface area contributed by atoms with Crippen molar-refractivity contribution in [1.82, 2.24) is 0 Å². The average Bonchev–Trinajstić information content (AvgIpc) is 1.27. The van der Waals surface area contributed by atoms with E-state index in [1.807, 2.05) is 13.8 Å². The second-order valence-electron chi connectivity index (χ2n) is 1.66. The van der Waals surface area contributed by atoms with E-state index in [9.17, 15) is 4.79 Å². The lowest BCUT2D eigenvalue weighted by Crippen LogP contribution is -2.06. The van der Waals surface area contributed by atoms with E-state index in [1.54, 1.807) is 0 Å². The van der Waals surface area contributed by atoms with Crippen molar-refractivity contribution in [2.24, 2.45) is 0 Å². The highest BCUT2D eigenvalue weighted by Gasteiger charge is 1.93. The first-order valence-electron chi connectivity index (χ1n) is 2.30. The van der Waals surface area contributed by atoms with Gasteiger partial charge in [-0.1, -0.05) is 0 Å². The maximum Gasteiger partial charge on any atom is 0.316 e. The summed E-state index contributed by atoms with van der Waals surface area (Å²) in [6, 6.07) is 0. The molecule has 0 aliphatic rings. The van der Waals surface area contributed by atoms with Crippen molar-refractivity contribution >= 4 is 29.0 Å². The molecule has 0 bridgehead atoms. The van der Waals surface area contributed by atoms with Crippen LogP contribution in [0.15, 0.2) is 0 Å². The van der Waals surface area contributed by atoms with Crippen LogP contribution in [0.5, 0.6) is 0 Å². The van der Waals surface area contributed by atoms with E-state index in [1.165, 1.54) is 6.92 Å². The molecule has 0 heterocycles. The Morgan fingerprint density at radius 1 is 1.50 bits per heavy atom. The van der Waals surface area contributed by atoms with Gasteiger partial charge < -0.3 is 4.74 Å². The van der Waals surface area contributed by atoms with Crippen LogP contribution < -0.4 is 0 Å². The molecule has 0 atom stereocenters. The molecule has 0 amide bonds. The predicted molar refractivity (Wildman–Crippen MR) is 35.4 cm³/mol. The monoisotopic (exact) mass is 128 g/mol. The molecule has 0 aromatic carbocycles. The van der Waals surface area contributed by atoms with Gasteiger partial charge in [0.25, 0.3) is 0 Å². The molecular weight excluding hydrogens is 116 g/mol. The summed E-state index contributed by atoms with van der Waals surface area (Å²) >= 11 is 0. The smallest absolute Gasteiger partial charge is 0.316 e. The number of rotatable bonds is 1. The highest BCUT2D eigenvalue weighted by molar-refractivity contribution is 5.75. The molecule has 2 nitrogen and oxygen atoms in total. The number of hydrogen-bond donors (Lipinski definition) is 0. The Labute approximate surface area is 65.7 Å². The zero-order valence-corrected chi connectivity index (χ0v) is 4.89. The highest BCUT2D eigenvalue weighted by atomic mass is 24.3. The van der Waals surface area contributed by atoms with Crippen molar-refractivity contribution in [3.63, 3.8) is 0 Å². The first kappa shape index (κ1) is 11.1. The van der Waals surface area contributed by atoms with Crippen LogP contribution >= 0.6 is 0 Å². The molecule has 0 rings (SSSR count). The Morgan fingerprint density at radius 2 is 1.88 bits per heavy atom. The molecule has 0 saturated heterocycles. The molecule has 0 aliphatic heterocycles. The van der Waals surface area contributed by atoms with E-state index in [0.29, 0.717) is 0 Å². The van der Waals surface area contributed by atoms with Crippen molar-refractivity contribution < 1.29 is 9.53 Å². The van der Waals surface area contributed by atoms with Crippen LogP contribution in [0.2, 0.25) is 0 Å². The van der Waals surface area contributed by atoms with Crippen LogP contribution in [0.3, 0.4) is 0 Å². The molecule has 0 fully saturated rings. The molecule has 0 unspecified atom stereocenters. The summed E-state index contributed by atoms with van der Waals surface area (Å²) in [7, 11) is 0. The van der Waals surface area contributed by atoms with Crippen LogP contribution in [0, 0.1) is 0 Å². The zero-order chi connectivity index (χ0) is 5.86. The van der Waals surface area contributed by atoms with Gasteiger partial charge in [0.15, 0.2) is 0 Å². The van der Waals surface area contributed by atoms with Crippen molar-refractivity contribution in [2.75, 3.05) is 0 Å². The van der Waals surface area contributed by atoms with Gasteiger partial charge in [0.05, 0.1) is 6.10 Å². The summed E-state index contributed by atoms with van der Waals surface area (Å²) in [5.74, 6) is -0.213. The third-order valence-corrected chi connectivity index (χ3v) is 0.402. The van der Waals surface area contributed by atoms with Gasteiger partial charge in [0.2, 0.25) is 0 Å². The molecule has 0 aliphatic carbocycles. The minimum atomic E-state index is -0.213. The topological polar surface area (TPSA) is 26.3 Å². The molecule has 0 radical (unpaired) electrons. The minimum absolute atomic E-state index is 0. The molecule has 0 saturated carbocycles. The average molecular weight is 128 g/mol. The summed E-state index contributed by atoms with van der Waals surface area (Å²) in [6.45, 7) is 5.04. The first-order valence-corrected chi connectivity index (χ1v) is 2.30. The second kappa shape index (κ2) is 5.37. The molecule has 8 heavy (non-hydrogen) atoms. The lowest BCUT2D eigenvalue weighted by Gasteiger charge is -2.01. The Kier molecular flexibility index (Phi) is 7.45. The Bertz CT molecular complexity index is 70.8. The maximum absolute atomic E-state index is 10.0. The number of carbonyl (C=O) groups is 1. The van der Waals surface area contributed by atoms with E-state index >= 15 is 0 Å². The Hall–Kier alpha value is 0.236. The van der Waals surface area contributed by atoms with E-state index in [-0.39, 0.29) is 35.1 Å². The van der Waals surface area contributed by atoms with E-state index in [0.717, 1.165) is 0 Å². The van der Waals surface area contributed by atoms with Gasteiger partial charge in [-0.05, 0) is 13.8 Å². The van der Waals surface area contributed by atoms with E-state index in [2.05, 4.69) is 4.74 Å². The van der Waals surface area contributed by atoms with Gasteiger partial charge in [0, 0.05) is 6.92 Å². The first-order chi connectivity index (χ1) is 3.13. The van der Waals surface area contributed by atoms with Crippen LogP contribution in [0.4, 0.5) is 0 Å². The van der Waals surface area contributed by atoms with E-state index in [4.69, 9.17) is 0 Å². The van der Waals surface area contributed by atoms with Gasteiger partial charge in [-0.15, -0.1) is 0 Å². The maximum atomic E-state index is 10.0. The van der Waals surface area contributed by atoms with Crippen LogP contribution in [0.25, 0.3) is 0 Å². The van der Waals surface area contributed by atoms with Crippen LogP contribution in [0.1, 0.15) is 20.8 Å². The Morgan fingerprint density at radius 3 is 1.88 bits per heavy atom. The lowest BCUT2D eigenvalue weighted by atomic mass is 10.5. The third kappa shape index (κ3) is 9.53. The normalized spacial score (nSPS) is 8.00. The van der Waals surface area contributed by atoms with E-state index < -0.39 is 0 Å². The van der Waals surface area contributed by atoms with Gasteiger partial charge in [0.1, 0.15) is 0 Å². The van der Waals surface area contributed by atoms with Crippen molar-refractivity contribution in [2.45, 2.75) is 26.9 Å². The summed E-state index contributed by atoms with van der Waals surface area (Å²) in [5, 5.41) is 0. The summed E-state index contributed by atoms with van der Waals surface area (Å²) in [4.78, 5) is 10.0. The largest absolute Gasteiger partial charge is 0.463 e. The zero-order valence-electron chi connectivity index (χ0n) is 4.89. The summed E-state index contributed by atoms with van der Waals surface area (Å²) < 4.78 is 4.61. The summed E-state index contributed by atoms with van der Waals surface area (Å²) in [5.41, 5.74) is 0. The minimum Gasteiger partial charge on any atom is -0.463 e. The molecule has 0 aromatic heterocycles. The van der Waals surface area contributed by atoms with Crippen molar-refractivity contribution in [3.8, 4) is 0 Å². The summed E-state index contributed by atoms with van der Waals surface area (Å²) in [6.07, 6.45) is 0.0255. The third-order valence-electron chi connectivity index (χ3n) is 0.402. The second-order valence-corrected chi connectivity index (χ2v) is 1.66. The highest BCUT2D eigenvalue weighted by Crippen LogP contribution is 1.85. The fraction of sp³-hybridized carbons (Fsp3) is 0.800. The number of hydrogen-bond acceptors (Lipinski definition) is 2. The number of esters is 1. The molecule has 3 heteroatoms. The molecule has 0 aromatic rings. The van der Waals surface area contributed by atoms with Gasteiger partial charge in [-0.25, -0.2) is 0 Å². The predicted octanol–water partition coefficient (Wildman–Crippen LogP) is 0.0417. The van der Waals surface area contributed by atoms with Crippen molar-refractivity contribution in [3.05, 3.63) is 0 Å². The van der Waals surface area contributed by atoms with Gasteiger partial charge in [-0.3, -0.25) is 4.79 Å². The molecule has 46 valence electrons. The number of carbonyl (C=O) groups excluding carboxylic acids is 1. The van der Waals surface area contributed by atoms with Gasteiger partial charge in [-0.2, -0.15) is 0 Å². The Balaban J connectivity index is 0. The molecule has 0 spiro atoms. The van der Waals surface area contributed by atoms with Crippen LogP contribution in [-0.4, -0.2) is 35.1 Å².